The van der Waals surface area contributed by atoms with Crippen molar-refractivity contribution in [2.45, 2.75) is 25.7 Å². The molecular formula is C18H19N3O3S2. The molecule has 0 aliphatic rings. The summed E-state index contributed by atoms with van der Waals surface area (Å²) < 4.78 is 28.6. The summed E-state index contributed by atoms with van der Waals surface area (Å²) in [4.78, 5) is 13.0. The summed E-state index contributed by atoms with van der Waals surface area (Å²) in [6, 6.07) is 10.4. The number of aromatic nitrogens is 2. The van der Waals surface area contributed by atoms with Gasteiger partial charge in [-0.15, -0.1) is 11.3 Å². The third kappa shape index (κ3) is 3.17. The van der Waals surface area contributed by atoms with Gasteiger partial charge in [-0.25, -0.2) is 13.1 Å². The van der Waals surface area contributed by atoms with Gasteiger partial charge in [0.25, 0.3) is 15.9 Å². The van der Waals surface area contributed by atoms with Crippen LogP contribution in [0.1, 0.15) is 26.6 Å². The lowest BCUT2D eigenvalue weighted by Gasteiger charge is -2.19. The van der Waals surface area contributed by atoms with E-state index in [-0.39, 0.29) is 9.77 Å². The van der Waals surface area contributed by atoms with Crippen LogP contribution in [0, 0.1) is 20.8 Å². The first-order valence-corrected chi connectivity index (χ1v) is 10.2. The summed E-state index contributed by atoms with van der Waals surface area (Å²) >= 11 is 1.10. The number of nitrogens with zero attached hydrogens (tertiary/aromatic N) is 3. The molecule has 136 valence electrons. The number of aryl methyl sites for hydroxylation is 3. The highest BCUT2D eigenvalue weighted by atomic mass is 32.2. The Hall–Kier alpha value is -2.45. The molecule has 8 heteroatoms. The minimum absolute atomic E-state index is 0.0110. The molecule has 0 saturated heterocycles. The maximum Gasteiger partial charge on any atom is 0.289 e. The van der Waals surface area contributed by atoms with E-state index in [1.807, 2.05) is 19.1 Å². The average molecular weight is 390 g/mol. The van der Waals surface area contributed by atoms with Gasteiger partial charge >= 0.3 is 0 Å². The Morgan fingerprint density at radius 1 is 1.12 bits per heavy atom. The summed E-state index contributed by atoms with van der Waals surface area (Å²) in [5, 5.41) is 5.77. The van der Waals surface area contributed by atoms with E-state index in [0.29, 0.717) is 17.1 Å². The number of hydrogen-bond donors (Lipinski definition) is 0. The third-order valence-electron chi connectivity index (χ3n) is 4.06. The SMILES string of the molecule is Cc1ccc(N(C)S(=O)(=O)c2ccsc2C(=O)n2nc(C)cc2C)cc1. The summed E-state index contributed by atoms with van der Waals surface area (Å²) in [6.07, 6.45) is 0. The average Bonchev–Trinajstić information content (AvgIpc) is 3.21. The normalized spacial score (nSPS) is 11.5. The van der Waals surface area contributed by atoms with Crippen molar-refractivity contribution < 1.29 is 13.2 Å². The molecule has 0 saturated carbocycles. The van der Waals surface area contributed by atoms with Crippen LogP contribution in [0.4, 0.5) is 5.69 Å². The number of rotatable bonds is 4. The van der Waals surface area contributed by atoms with Crippen molar-refractivity contribution in [3.05, 3.63) is 63.6 Å². The van der Waals surface area contributed by atoms with E-state index in [2.05, 4.69) is 5.10 Å². The fourth-order valence-electron chi connectivity index (χ4n) is 2.63. The van der Waals surface area contributed by atoms with Crippen molar-refractivity contribution in [3.63, 3.8) is 0 Å². The molecule has 3 rings (SSSR count). The fourth-order valence-corrected chi connectivity index (χ4v) is 5.14. The molecule has 0 amide bonds. The molecule has 0 radical (unpaired) electrons. The molecule has 1 aromatic carbocycles. The molecule has 3 aromatic rings. The highest BCUT2D eigenvalue weighted by molar-refractivity contribution is 7.93. The first-order chi connectivity index (χ1) is 12.2. The van der Waals surface area contributed by atoms with E-state index in [0.717, 1.165) is 16.9 Å². The molecule has 2 heterocycles. The zero-order chi connectivity index (χ0) is 19.1. The van der Waals surface area contributed by atoms with Gasteiger partial charge in [0, 0.05) is 12.7 Å². The second kappa shape index (κ2) is 6.69. The van der Waals surface area contributed by atoms with Crippen molar-refractivity contribution in [2.75, 3.05) is 11.4 Å². The lowest BCUT2D eigenvalue weighted by molar-refractivity contribution is 0.0943. The molecule has 0 atom stereocenters. The summed E-state index contributed by atoms with van der Waals surface area (Å²) in [6.45, 7) is 5.48. The number of sulfonamides is 1. The Bertz CT molecular complexity index is 1060. The monoisotopic (exact) mass is 389 g/mol. The second-order valence-corrected chi connectivity index (χ2v) is 8.92. The zero-order valence-corrected chi connectivity index (χ0v) is 16.6. The van der Waals surface area contributed by atoms with Crippen LogP contribution >= 0.6 is 11.3 Å². The maximum atomic E-state index is 13.1. The fraction of sp³-hybridized carbons (Fsp3) is 0.222. The van der Waals surface area contributed by atoms with Gasteiger partial charge in [-0.1, -0.05) is 17.7 Å². The van der Waals surface area contributed by atoms with Gasteiger partial charge in [0.1, 0.15) is 9.77 Å². The van der Waals surface area contributed by atoms with E-state index in [4.69, 9.17) is 0 Å². The lowest BCUT2D eigenvalue weighted by Crippen LogP contribution is -2.28. The summed E-state index contributed by atoms with van der Waals surface area (Å²) in [7, 11) is -2.39. The number of thiophene rings is 1. The molecule has 0 aliphatic heterocycles. The number of carbonyl (C=O) groups excluding carboxylic acids is 1. The molecule has 0 N–H and O–H groups in total. The van der Waals surface area contributed by atoms with E-state index < -0.39 is 15.9 Å². The van der Waals surface area contributed by atoms with E-state index in [1.54, 1.807) is 37.4 Å². The van der Waals surface area contributed by atoms with E-state index >= 15 is 0 Å². The van der Waals surface area contributed by atoms with Crippen LogP contribution in [0.3, 0.4) is 0 Å². The van der Waals surface area contributed by atoms with Crippen molar-refractivity contribution in [2.24, 2.45) is 0 Å². The standard InChI is InChI=1S/C18H19N3O3S2/c1-12-5-7-15(8-6-12)20(4)26(23,24)16-9-10-25-17(16)18(22)21-14(3)11-13(2)19-21/h5-11H,1-4H3. The first kappa shape index (κ1) is 18.3. The number of benzene rings is 1. The summed E-state index contributed by atoms with van der Waals surface area (Å²) in [5.74, 6) is -0.443. The Morgan fingerprint density at radius 3 is 2.35 bits per heavy atom. The molecule has 0 spiro atoms. The van der Waals surface area contributed by atoms with Crippen LogP contribution in [0.25, 0.3) is 0 Å². The van der Waals surface area contributed by atoms with Gasteiger partial charge in [0.2, 0.25) is 0 Å². The van der Waals surface area contributed by atoms with Gasteiger partial charge in [0.05, 0.1) is 11.4 Å². The minimum atomic E-state index is -3.87. The van der Waals surface area contributed by atoms with Crippen molar-refractivity contribution in [1.29, 1.82) is 0 Å². The van der Waals surface area contributed by atoms with Crippen LogP contribution < -0.4 is 4.31 Å². The van der Waals surface area contributed by atoms with E-state index in [9.17, 15) is 13.2 Å². The molecule has 0 fully saturated rings. The number of hydrogen-bond acceptors (Lipinski definition) is 5. The predicted molar refractivity (Wildman–Crippen MR) is 103 cm³/mol. The largest absolute Gasteiger partial charge is 0.289 e. The molecule has 6 nitrogen and oxygen atoms in total. The quantitative estimate of drug-likeness (QED) is 0.686. The highest BCUT2D eigenvalue weighted by Crippen LogP contribution is 2.29. The van der Waals surface area contributed by atoms with Crippen molar-refractivity contribution in [1.82, 2.24) is 9.78 Å². The zero-order valence-electron chi connectivity index (χ0n) is 14.9. The topological polar surface area (TPSA) is 72.3 Å². The Morgan fingerprint density at radius 2 is 1.77 bits per heavy atom. The van der Waals surface area contributed by atoms with Crippen LogP contribution in [0.5, 0.6) is 0 Å². The molecule has 26 heavy (non-hydrogen) atoms. The number of anilines is 1. The Labute approximate surface area is 156 Å². The van der Waals surface area contributed by atoms with Crippen LogP contribution in [-0.4, -0.2) is 31.2 Å². The Kier molecular flexibility index (Phi) is 4.72. The van der Waals surface area contributed by atoms with E-state index in [1.165, 1.54) is 22.1 Å². The van der Waals surface area contributed by atoms with Gasteiger partial charge in [-0.2, -0.15) is 5.10 Å². The molecule has 0 bridgehead atoms. The predicted octanol–water partition coefficient (Wildman–Crippen LogP) is 3.38. The van der Waals surface area contributed by atoms with Gasteiger partial charge in [-0.05, 0) is 50.4 Å². The van der Waals surface area contributed by atoms with Crippen molar-refractivity contribution in [3.8, 4) is 0 Å². The van der Waals surface area contributed by atoms with Crippen LogP contribution in [-0.2, 0) is 10.0 Å². The minimum Gasteiger partial charge on any atom is -0.269 e. The summed E-state index contributed by atoms with van der Waals surface area (Å²) in [5.41, 5.74) is 2.94. The second-order valence-electron chi connectivity index (χ2n) is 6.07. The molecule has 2 aromatic heterocycles. The lowest BCUT2D eigenvalue weighted by atomic mass is 10.2. The number of carbonyl (C=O) groups is 1. The molecule has 0 unspecified atom stereocenters. The highest BCUT2D eigenvalue weighted by Gasteiger charge is 2.29. The van der Waals surface area contributed by atoms with Crippen LogP contribution in [0.2, 0.25) is 0 Å². The van der Waals surface area contributed by atoms with Gasteiger partial charge in [-0.3, -0.25) is 9.10 Å². The third-order valence-corrected chi connectivity index (χ3v) is 6.92. The van der Waals surface area contributed by atoms with Gasteiger partial charge in [0.15, 0.2) is 0 Å². The molecule has 0 aliphatic carbocycles. The first-order valence-electron chi connectivity index (χ1n) is 7.93. The van der Waals surface area contributed by atoms with Gasteiger partial charge < -0.3 is 0 Å². The smallest absolute Gasteiger partial charge is 0.269 e. The van der Waals surface area contributed by atoms with Crippen LogP contribution in [0.15, 0.2) is 46.7 Å². The molecular weight excluding hydrogens is 370 g/mol. The maximum absolute atomic E-state index is 13.1. The van der Waals surface area contributed by atoms with Crippen molar-refractivity contribution >= 4 is 33.0 Å². The Balaban J connectivity index is 2.02.